The number of aryl methyl sites for hydroxylation is 1. The van der Waals surface area contributed by atoms with Crippen LogP contribution in [0.25, 0.3) is 10.9 Å². The lowest BCUT2D eigenvalue weighted by molar-refractivity contribution is -0.115. The number of nitrogens with zero attached hydrogens (tertiary/aromatic N) is 3. The molecule has 0 fully saturated rings. The van der Waals surface area contributed by atoms with Crippen LogP contribution >= 0.6 is 23.1 Å². The molecule has 0 spiro atoms. The highest BCUT2D eigenvalue weighted by Crippen LogP contribution is 2.21. The molecule has 0 aliphatic rings. The van der Waals surface area contributed by atoms with Crippen LogP contribution in [0.4, 0.5) is 5.69 Å². The van der Waals surface area contributed by atoms with Crippen molar-refractivity contribution in [1.82, 2.24) is 9.55 Å². The van der Waals surface area contributed by atoms with E-state index in [0.29, 0.717) is 22.6 Å². The maximum absolute atomic E-state index is 13.1. The van der Waals surface area contributed by atoms with Crippen LogP contribution in [0.5, 0.6) is 0 Å². The Morgan fingerprint density at radius 3 is 2.60 bits per heavy atom. The van der Waals surface area contributed by atoms with Crippen molar-refractivity contribution in [3.8, 4) is 0 Å². The zero-order valence-electron chi connectivity index (χ0n) is 16.5. The molecule has 152 valence electrons. The van der Waals surface area contributed by atoms with E-state index < -0.39 is 0 Å². The summed E-state index contributed by atoms with van der Waals surface area (Å²) in [7, 11) is 1.76. The van der Waals surface area contributed by atoms with Gasteiger partial charge in [-0.25, -0.2) is 4.98 Å². The lowest BCUT2D eigenvalue weighted by Crippen LogP contribution is -2.29. The fourth-order valence-corrected chi connectivity index (χ4v) is 4.79. The van der Waals surface area contributed by atoms with Crippen molar-refractivity contribution in [2.45, 2.75) is 18.1 Å². The molecule has 0 bridgehead atoms. The van der Waals surface area contributed by atoms with E-state index in [1.807, 2.05) is 60.0 Å². The van der Waals surface area contributed by atoms with Crippen LogP contribution in [0, 0.1) is 0 Å². The third-order valence-electron chi connectivity index (χ3n) is 4.83. The summed E-state index contributed by atoms with van der Waals surface area (Å²) in [6, 6.07) is 20.9. The van der Waals surface area contributed by atoms with Gasteiger partial charge in [0.15, 0.2) is 5.16 Å². The van der Waals surface area contributed by atoms with E-state index in [-0.39, 0.29) is 17.2 Å². The van der Waals surface area contributed by atoms with Gasteiger partial charge in [-0.1, -0.05) is 48.2 Å². The lowest BCUT2D eigenvalue weighted by Gasteiger charge is -2.18. The summed E-state index contributed by atoms with van der Waals surface area (Å²) < 4.78 is 1.70. The second-order valence-electron chi connectivity index (χ2n) is 6.77. The normalized spacial score (nSPS) is 11.0. The van der Waals surface area contributed by atoms with Gasteiger partial charge in [0.25, 0.3) is 5.56 Å². The van der Waals surface area contributed by atoms with E-state index in [1.165, 1.54) is 16.6 Å². The molecule has 0 aliphatic heterocycles. The highest BCUT2D eigenvalue weighted by atomic mass is 32.2. The van der Waals surface area contributed by atoms with Crippen molar-refractivity contribution in [2.75, 3.05) is 17.7 Å². The van der Waals surface area contributed by atoms with Gasteiger partial charge in [0.05, 0.1) is 16.7 Å². The van der Waals surface area contributed by atoms with Crippen LogP contribution in [-0.4, -0.2) is 28.3 Å². The molecular weight excluding hydrogens is 414 g/mol. The highest BCUT2D eigenvalue weighted by Gasteiger charge is 2.16. The van der Waals surface area contributed by atoms with E-state index in [2.05, 4.69) is 6.07 Å². The number of carbonyl (C=O) groups is 1. The Kier molecular flexibility index (Phi) is 6.30. The molecule has 0 N–H and O–H groups in total. The van der Waals surface area contributed by atoms with Crippen molar-refractivity contribution in [2.24, 2.45) is 0 Å². The summed E-state index contributed by atoms with van der Waals surface area (Å²) in [5.74, 6) is 0.160. The van der Waals surface area contributed by atoms with Gasteiger partial charge in [-0.15, -0.1) is 11.3 Å². The first-order valence-corrected chi connectivity index (χ1v) is 11.5. The van der Waals surface area contributed by atoms with E-state index >= 15 is 0 Å². The first kappa shape index (κ1) is 20.4. The topological polar surface area (TPSA) is 55.2 Å². The Labute approximate surface area is 183 Å². The number of aromatic nitrogens is 2. The smallest absolute Gasteiger partial charge is 0.262 e. The van der Waals surface area contributed by atoms with Crippen molar-refractivity contribution < 1.29 is 4.79 Å². The summed E-state index contributed by atoms with van der Waals surface area (Å²) >= 11 is 2.98. The Morgan fingerprint density at radius 1 is 1.07 bits per heavy atom. The monoisotopic (exact) mass is 435 g/mol. The number of thioether (sulfide) groups is 1. The minimum atomic E-state index is -0.0662. The molecule has 1 amide bonds. The van der Waals surface area contributed by atoms with Gasteiger partial charge in [-0.3, -0.25) is 14.2 Å². The van der Waals surface area contributed by atoms with Gasteiger partial charge in [0.2, 0.25) is 5.91 Å². The number of hydrogen-bond acceptors (Lipinski definition) is 5. The standard InChI is InChI=1S/C23H21N3O2S2/c1-25(17-8-3-2-4-9-17)21(27)16-30-23-24-20-12-6-5-11-19(20)22(28)26(23)14-13-18-10-7-15-29-18/h2-12,15H,13-14,16H2,1H3. The fraction of sp³-hybridized carbons (Fsp3) is 0.174. The van der Waals surface area contributed by atoms with Gasteiger partial charge >= 0.3 is 0 Å². The molecule has 4 aromatic rings. The summed E-state index contributed by atoms with van der Waals surface area (Å²) in [4.78, 5) is 33.4. The number of hydrogen-bond donors (Lipinski definition) is 0. The van der Waals surface area contributed by atoms with Gasteiger partial charge in [0.1, 0.15) is 0 Å². The average molecular weight is 436 g/mol. The number of thiophene rings is 1. The number of para-hydroxylation sites is 2. The molecule has 5 nitrogen and oxygen atoms in total. The molecule has 0 radical (unpaired) electrons. The Bertz CT molecular complexity index is 1200. The van der Waals surface area contributed by atoms with Crippen LogP contribution in [-0.2, 0) is 17.8 Å². The molecule has 7 heteroatoms. The fourth-order valence-electron chi connectivity index (χ4n) is 3.15. The average Bonchev–Trinajstić information content (AvgIpc) is 3.31. The molecule has 2 aromatic heterocycles. The predicted molar refractivity (Wildman–Crippen MR) is 125 cm³/mol. The maximum Gasteiger partial charge on any atom is 0.262 e. The Balaban J connectivity index is 1.59. The molecule has 2 heterocycles. The minimum Gasteiger partial charge on any atom is -0.315 e. The van der Waals surface area contributed by atoms with Gasteiger partial charge < -0.3 is 4.90 Å². The molecule has 0 unspecified atom stereocenters. The van der Waals surface area contributed by atoms with E-state index in [9.17, 15) is 9.59 Å². The summed E-state index contributed by atoms with van der Waals surface area (Å²) in [6.45, 7) is 0.530. The second-order valence-corrected chi connectivity index (χ2v) is 8.75. The van der Waals surface area contributed by atoms with Gasteiger partial charge in [-0.05, 0) is 42.1 Å². The minimum absolute atomic E-state index is 0.0431. The molecule has 0 atom stereocenters. The summed E-state index contributed by atoms with van der Waals surface area (Å²) in [5.41, 5.74) is 1.43. The van der Waals surface area contributed by atoms with E-state index in [0.717, 1.165) is 12.1 Å². The van der Waals surface area contributed by atoms with Crippen molar-refractivity contribution >= 4 is 45.6 Å². The van der Waals surface area contributed by atoms with Crippen molar-refractivity contribution in [3.63, 3.8) is 0 Å². The first-order valence-electron chi connectivity index (χ1n) is 9.60. The van der Waals surface area contributed by atoms with Crippen LogP contribution in [0.1, 0.15) is 4.88 Å². The lowest BCUT2D eigenvalue weighted by atomic mass is 10.2. The van der Waals surface area contributed by atoms with Crippen LogP contribution in [0.3, 0.4) is 0 Å². The number of benzene rings is 2. The number of amides is 1. The van der Waals surface area contributed by atoms with Crippen molar-refractivity contribution in [3.05, 3.63) is 87.3 Å². The zero-order chi connectivity index (χ0) is 20.9. The maximum atomic E-state index is 13.1. The van der Waals surface area contributed by atoms with Crippen LogP contribution in [0.15, 0.2) is 82.1 Å². The largest absolute Gasteiger partial charge is 0.315 e. The molecule has 0 aliphatic carbocycles. The highest BCUT2D eigenvalue weighted by molar-refractivity contribution is 7.99. The van der Waals surface area contributed by atoms with Crippen LogP contribution < -0.4 is 10.5 Å². The third-order valence-corrected chi connectivity index (χ3v) is 6.73. The second kappa shape index (κ2) is 9.28. The predicted octanol–water partition coefficient (Wildman–Crippen LogP) is 4.46. The van der Waals surface area contributed by atoms with Crippen LogP contribution in [0.2, 0.25) is 0 Å². The number of carbonyl (C=O) groups excluding carboxylic acids is 1. The van der Waals surface area contributed by atoms with Gasteiger partial charge in [0, 0.05) is 24.2 Å². The molecular formula is C23H21N3O2S2. The SMILES string of the molecule is CN(C(=O)CSc1nc2ccccc2c(=O)n1CCc1cccs1)c1ccccc1. The molecule has 2 aromatic carbocycles. The molecule has 30 heavy (non-hydrogen) atoms. The Hall–Kier alpha value is -2.90. The quantitative estimate of drug-likeness (QED) is 0.318. The Morgan fingerprint density at radius 2 is 1.83 bits per heavy atom. The zero-order valence-corrected chi connectivity index (χ0v) is 18.2. The number of fused-ring (bicyclic) bond motifs is 1. The first-order chi connectivity index (χ1) is 14.6. The molecule has 0 saturated heterocycles. The number of anilines is 1. The summed E-state index contributed by atoms with van der Waals surface area (Å²) in [6.07, 6.45) is 0.753. The number of rotatable bonds is 7. The van der Waals surface area contributed by atoms with Crippen molar-refractivity contribution in [1.29, 1.82) is 0 Å². The molecule has 0 saturated carbocycles. The molecule has 4 rings (SSSR count). The summed E-state index contributed by atoms with van der Waals surface area (Å²) in [5, 5.41) is 3.20. The van der Waals surface area contributed by atoms with E-state index in [4.69, 9.17) is 4.98 Å². The van der Waals surface area contributed by atoms with Gasteiger partial charge in [-0.2, -0.15) is 0 Å². The third kappa shape index (κ3) is 4.47. The van der Waals surface area contributed by atoms with E-state index in [1.54, 1.807) is 33.9 Å².